The zero-order valence-corrected chi connectivity index (χ0v) is 15.4. The smallest absolute Gasteiger partial charge is 0.147 e. The van der Waals surface area contributed by atoms with Crippen LogP contribution in [0.1, 0.15) is 80.6 Å². The van der Waals surface area contributed by atoms with Crippen molar-refractivity contribution >= 4 is 0 Å². The lowest BCUT2D eigenvalue weighted by atomic mass is 9.89. The fourth-order valence-electron chi connectivity index (χ4n) is 2.79. The maximum atomic E-state index is 6.47. The van der Waals surface area contributed by atoms with E-state index in [0.29, 0.717) is 19.5 Å². The second-order valence-electron chi connectivity index (χ2n) is 6.36. The van der Waals surface area contributed by atoms with Crippen LogP contribution >= 0.6 is 0 Å². The molecule has 0 aromatic rings. The molecule has 128 valence electrons. The molecule has 0 saturated carbocycles. The number of hydrogen-bond donors (Lipinski definition) is 0. The molecular weight excluding hydrogens is 264 g/mol. The van der Waals surface area contributed by atoms with Crippen LogP contribution in [0.3, 0.4) is 0 Å². The Morgan fingerprint density at radius 1 is 0.905 bits per heavy atom. The van der Waals surface area contributed by atoms with Crippen molar-refractivity contribution in [3.63, 3.8) is 0 Å². The van der Waals surface area contributed by atoms with Crippen LogP contribution in [-0.2, 0) is 14.2 Å². The minimum Gasteiger partial charge on any atom is -0.372 e. The van der Waals surface area contributed by atoms with Crippen molar-refractivity contribution in [3.8, 4) is 0 Å². The molecule has 3 nitrogen and oxygen atoms in total. The summed E-state index contributed by atoms with van der Waals surface area (Å²) in [4.78, 5) is 0. The molecule has 21 heavy (non-hydrogen) atoms. The van der Waals surface area contributed by atoms with Gasteiger partial charge in [0, 0.05) is 13.0 Å². The normalized spacial score (nSPS) is 16.7. The first-order valence-electron chi connectivity index (χ1n) is 8.80. The first-order valence-corrected chi connectivity index (χ1v) is 8.80. The molecule has 0 aliphatic heterocycles. The Balaban J connectivity index is 4.46. The minimum absolute atomic E-state index is 0.0709. The average molecular weight is 302 g/mol. The van der Waals surface area contributed by atoms with E-state index in [1.165, 1.54) is 6.42 Å². The van der Waals surface area contributed by atoms with Crippen molar-refractivity contribution < 1.29 is 14.2 Å². The molecule has 0 saturated heterocycles. The summed E-state index contributed by atoms with van der Waals surface area (Å²) in [6, 6.07) is 0. The fourth-order valence-corrected chi connectivity index (χ4v) is 2.79. The van der Waals surface area contributed by atoms with Gasteiger partial charge in [-0.05, 0) is 46.0 Å². The Labute approximate surface area is 132 Å². The predicted molar refractivity (Wildman–Crippen MR) is 89.6 cm³/mol. The highest BCUT2D eigenvalue weighted by Gasteiger charge is 2.31. The third-order valence-corrected chi connectivity index (χ3v) is 4.47. The Bertz CT molecular complexity index is 239. The van der Waals surface area contributed by atoms with Crippen molar-refractivity contribution in [2.45, 2.75) is 98.4 Å². The van der Waals surface area contributed by atoms with E-state index in [1.807, 2.05) is 6.92 Å². The van der Waals surface area contributed by atoms with E-state index in [0.717, 1.165) is 31.6 Å². The van der Waals surface area contributed by atoms with Crippen LogP contribution in [0.15, 0.2) is 0 Å². The van der Waals surface area contributed by atoms with E-state index in [9.17, 15) is 0 Å². The van der Waals surface area contributed by atoms with Crippen molar-refractivity contribution in [1.82, 2.24) is 0 Å². The minimum atomic E-state index is -0.0709. The van der Waals surface area contributed by atoms with E-state index >= 15 is 0 Å². The maximum Gasteiger partial charge on any atom is 0.147 e. The van der Waals surface area contributed by atoms with Gasteiger partial charge in [-0.15, -0.1) is 0 Å². The maximum absolute atomic E-state index is 6.47. The molecule has 0 amide bonds. The van der Waals surface area contributed by atoms with Gasteiger partial charge in [-0.3, -0.25) is 0 Å². The lowest BCUT2D eigenvalue weighted by Crippen LogP contribution is -2.39. The van der Waals surface area contributed by atoms with E-state index in [1.54, 1.807) is 0 Å². The Morgan fingerprint density at radius 2 is 1.52 bits per heavy atom. The molecule has 0 aromatic carbocycles. The summed E-state index contributed by atoms with van der Waals surface area (Å²) < 4.78 is 17.5. The topological polar surface area (TPSA) is 27.7 Å². The van der Waals surface area contributed by atoms with E-state index in [4.69, 9.17) is 14.2 Å². The van der Waals surface area contributed by atoms with Crippen LogP contribution in [0.2, 0.25) is 0 Å². The monoisotopic (exact) mass is 302 g/mol. The fraction of sp³-hybridized carbons (Fsp3) is 1.00. The summed E-state index contributed by atoms with van der Waals surface area (Å²) >= 11 is 0. The molecular formula is C18H38O3. The van der Waals surface area contributed by atoms with Gasteiger partial charge in [0.05, 0.1) is 17.8 Å². The van der Waals surface area contributed by atoms with Gasteiger partial charge in [0.15, 0.2) is 0 Å². The van der Waals surface area contributed by atoms with Gasteiger partial charge in [0.1, 0.15) is 6.79 Å². The lowest BCUT2D eigenvalue weighted by Gasteiger charge is -2.37. The number of ether oxygens (including phenoxy) is 3. The Kier molecular flexibility index (Phi) is 11.4. The third kappa shape index (κ3) is 8.80. The molecule has 0 aliphatic rings. The van der Waals surface area contributed by atoms with Gasteiger partial charge < -0.3 is 14.2 Å². The molecule has 0 aromatic heterocycles. The van der Waals surface area contributed by atoms with Crippen LogP contribution in [0, 0.1) is 5.92 Å². The first-order chi connectivity index (χ1) is 9.92. The summed E-state index contributed by atoms with van der Waals surface area (Å²) in [5.41, 5.74) is -0.0709. The van der Waals surface area contributed by atoms with Crippen molar-refractivity contribution in [1.29, 1.82) is 0 Å². The molecule has 0 heterocycles. The highest BCUT2D eigenvalue weighted by atomic mass is 16.7. The van der Waals surface area contributed by atoms with Gasteiger partial charge >= 0.3 is 0 Å². The van der Waals surface area contributed by atoms with E-state index in [-0.39, 0.29) is 11.7 Å². The van der Waals surface area contributed by atoms with Gasteiger partial charge in [-0.25, -0.2) is 0 Å². The van der Waals surface area contributed by atoms with Crippen LogP contribution in [0.4, 0.5) is 0 Å². The largest absolute Gasteiger partial charge is 0.372 e. The average Bonchev–Trinajstić information content (AvgIpc) is 2.46. The quantitative estimate of drug-likeness (QED) is 0.347. The van der Waals surface area contributed by atoms with E-state index < -0.39 is 0 Å². The summed E-state index contributed by atoms with van der Waals surface area (Å²) in [6.45, 7) is 16.4. The molecule has 0 radical (unpaired) electrons. The Morgan fingerprint density at radius 3 is 2.00 bits per heavy atom. The van der Waals surface area contributed by atoms with Crippen molar-refractivity contribution in [2.24, 2.45) is 5.92 Å². The second-order valence-corrected chi connectivity index (χ2v) is 6.36. The molecule has 0 rings (SSSR count). The molecule has 3 atom stereocenters. The lowest BCUT2D eigenvalue weighted by molar-refractivity contribution is -0.143. The zero-order chi connectivity index (χ0) is 16.3. The molecule has 0 N–H and O–H groups in total. The van der Waals surface area contributed by atoms with Crippen LogP contribution in [0.5, 0.6) is 0 Å². The van der Waals surface area contributed by atoms with Crippen LogP contribution in [0.25, 0.3) is 0 Å². The summed E-state index contributed by atoms with van der Waals surface area (Å²) in [5, 5.41) is 0. The van der Waals surface area contributed by atoms with Gasteiger partial charge in [0.2, 0.25) is 0 Å². The highest BCUT2D eigenvalue weighted by Crippen LogP contribution is 2.30. The zero-order valence-electron chi connectivity index (χ0n) is 15.4. The number of rotatable bonds is 13. The SMILES string of the molecule is CCOCOC(C)CC(CC)(CC)OC(C)CC(C)CC. The van der Waals surface area contributed by atoms with Crippen molar-refractivity contribution in [2.75, 3.05) is 13.4 Å². The summed E-state index contributed by atoms with van der Waals surface area (Å²) in [7, 11) is 0. The molecule has 3 unspecified atom stereocenters. The molecule has 0 bridgehead atoms. The van der Waals surface area contributed by atoms with E-state index in [2.05, 4.69) is 41.5 Å². The third-order valence-electron chi connectivity index (χ3n) is 4.47. The van der Waals surface area contributed by atoms with Crippen molar-refractivity contribution in [3.05, 3.63) is 0 Å². The molecule has 0 fully saturated rings. The summed E-state index contributed by atoms with van der Waals surface area (Å²) in [5.74, 6) is 0.720. The second kappa shape index (κ2) is 11.4. The van der Waals surface area contributed by atoms with Gasteiger partial charge in [-0.1, -0.05) is 34.1 Å². The Hall–Kier alpha value is -0.120. The van der Waals surface area contributed by atoms with Gasteiger partial charge in [-0.2, -0.15) is 0 Å². The molecule has 0 aliphatic carbocycles. The molecule has 0 spiro atoms. The first kappa shape index (κ1) is 20.9. The molecule has 3 heteroatoms. The predicted octanol–water partition coefficient (Wildman–Crippen LogP) is 5.18. The number of hydrogen-bond acceptors (Lipinski definition) is 3. The standard InChI is InChI=1S/C18H38O3/c1-8-15(5)12-16(6)21-18(9-2,10-3)13-17(7)20-14-19-11-4/h15-17H,8-14H2,1-7H3. The van der Waals surface area contributed by atoms with Gasteiger partial charge in [0.25, 0.3) is 0 Å². The highest BCUT2D eigenvalue weighted by molar-refractivity contribution is 4.82. The summed E-state index contributed by atoms with van der Waals surface area (Å²) in [6.07, 6.45) is 5.79. The van der Waals surface area contributed by atoms with Crippen LogP contribution in [-0.4, -0.2) is 31.2 Å². The van der Waals surface area contributed by atoms with Crippen LogP contribution < -0.4 is 0 Å².